The molecule has 0 radical (unpaired) electrons. The first kappa shape index (κ1) is 14.1. The highest BCUT2D eigenvalue weighted by Crippen LogP contribution is 2.35. The third-order valence-corrected chi connectivity index (χ3v) is 5.09. The highest BCUT2D eigenvalue weighted by Gasteiger charge is 2.22. The van der Waals surface area contributed by atoms with Gasteiger partial charge in [-0.1, -0.05) is 36.8 Å². The lowest BCUT2D eigenvalue weighted by atomic mass is 10.0. The van der Waals surface area contributed by atoms with Gasteiger partial charge in [-0.2, -0.15) is 0 Å². The number of anilines is 1. The molecule has 1 aliphatic rings. The summed E-state index contributed by atoms with van der Waals surface area (Å²) in [5.74, 6) is -0.0317. The fourth-order valence-electron chi connectivity index (χ4n) is 2.88. The molecule has 110 valence electrons. The van der Waals surface area contributed by atoms with Crippen LogP contribution in [0.15, 0.2) is 30.3 Å². The van der Waals surface area contributed by atoms with Gasteiger partial charge in [-0.15, -0.1) is 11.3 Å². The van der Waals surface area contributed by atoms with E-state index in [4.69, 9.17) is 5.73 Å². The maximum Gasteiger partial charge on any atom is 0.254 e. The van der Waals surface area contributed by atoms with Crippen molar-refractivity contribution in [3.05, 3.63) is 51.9 Å². The van der Waals surface area contributed by atoms with E-state index >= 15 is 0 Å². The number of fused-ring (bicyclic) bond motifs is 1. The number of hydrogen-bond donors (Lipinski definition) is 2. The maximum atomic E-state index is 12.5. The van der Waals surface area contributed by atoms with Crippen LogP contribution in [0.4, 0.5) is 5.00 Å². The minimum atomic E-state index is -0.0317. The molecule has 3 rings (SSSR count). The zero-order valence-corrected chi connectivity index (χ0v) is 12.8. The van der Waals surface area contributed by atoms with Gasteiger partial charge in [-0.25, -0.2) is 0 Å². The van der Waals surface area contributed by atoms with Crippen molar-refractivity contribution in [1.82, 2.24) is 5.32 Å². The Labute approximate surface area is 129 Å². The summed E-state index contributed by atoms with van der Waals surface area (Å²) in [6.45, 7) is 0.545. The molecule has 0 aliphatic heterocycles. The molecule has 0 fully saturated rings. The van der Waals surface area contributed by atoms with Gasteiger partial charge in [0.05, 0.1) is 10.6 Å². The lowest BCUT2D eigenvalue weighted by Crippen LogP contribution is -2.24. The lowest BCUT2D eigenvalue weighted by molar-refractivity contribution is 0.0951. The van der Waals surface area contributed by atoms with E-state index in [9.17, 15) is 4.79 Å². The van der Waals surface area contributed by atoms with Crippen LogP contribution in [0.5, 0.6) is 0 Å². The number of carbonyl (C=O) groups is 1. The van der Waals surface area contributed by atoms with Gasteiger partial charge in [0.1, 0.15) is 0 Å². The van der Waals surface area contributed by atoms with E-state index in [2.05, 4.69) is 5.32 Å². The molecule has 1 aliphatic carbocycles. The van der Waals surface area contributed by atoms with Crippen LogP contribution in [-0.2, 0) is 19.4 Å². The van der Waals surface area contributed by atoms with E-state index in [1.165, 1.54) is 23.3 Å². The van der Waals surface area contributed by atoms with Crippen LogP contribution >= 0.6 is 11.3 Å². The molecule has 2 aromatic rings. The van der Waals surface area contributed by atoms with Gasteiger partial charge in [0, 0.05) is 11.4 Å². The SMILES string of the molecule is Nc1sc2c(c1C(=O)NCc1ccccc1)CCCCC2. The molecule has 1 aromatic carbocycles. The molecule has 1 heterocycles. The van der Waals surface area contributed by atoms with Gasteiger partial charge < -0.3 is 11.1 Å². The number of amides is 1. The van der Waals surface area contributed by atoms with Crippen LogP contribution in [0, 0.1) is 0 Å². The number of thiophene rings is 1. The molecule has 0 atom stereocenters. The first-order valence-electron chi connectivity index (χ1n) is 7.48. The van der Waals surface area contributed by atoms with E-state index in [-0.39, 0.29) is 5.91 Å². The highest BCUT2D eigenvalue weighted by atomic mass is 32.1. The van der Waals surface area contributed by atoms with Gasteiger partial charge in [0.25, 0.3) is 5.91 Å². The second-order valence-corrected chi connectivity index (χ2v) is 6.61. The van der Waals surface area contributed by atoms with Crippen molar-refractivity contribution >= 4 is 22.2 Å². The molecule has 4 heteroatoms. The highest BCUT2D eigenvalue weighted by molar-refractivity contribution is 7.16. The summed E-state index contributed by atoms with van der Waals surface area (Å²) >= 11 is 1.60. The number of aryl methyl sites for hydroxylation is 1. The van der Waals surface area contributed by atoms with Crippen molar-refractivity contribution in [3.8, 4) is 0 Å². The summed E-state index contributed by atoms with van der Waals surface area (Å²) in [7, 11) is 0. The van der Waals surface area contributed by atoms with Gasteiger partial charge in [-0.3, -0.25) is 4.79 Å². The topological polar surface area (TPSA) is 55.1 Å². The van der Waals surface area contributed by atoms with Gasteiger partial charge in [0.15, 0.2) is 0 Å². The summed E-state index contributed by atoms with van der Waals surface area (Å²) in [5.41, 5.74) is 9.13. The molecule has 0 spiro atoms. The number of nitrogen functional groups attached to an aromatic ring is 1. The first-order valence-corrected chi connectivity index (χ1v) is 8.29. The molecule has 0 saturated carbocycles. The van der Waals surface area contributed by atoms with E-state index in [0.717, 1.165) is 30.4 Å². The second-order valence-electron chi connectivity index (χ2n) is 5.47. The Bertz CT molecular complexity index is 634. The van der Waals surface area contributed by atoms with Crippen molar-refractivity contribution in [1.29, 1.82) is 0 Å². The zero-order chi connectivity index (χ0) is 14.7. The number of nitrogens with one attached hydrogen (secondary N) is 1. The van der Waals surface area contributed by atoms with Gasteiger partial charge in [0.2, 0.25) is 0 Å². The van der Waals surface area contributed by atoms with Crippen molar-refractivity contribution < 1.29 is 4.79 Å². The Hall–Kier alpha value is -1.81. The fraction of sp³-hybridized carbons (Fsp3) is 0.353. The molecule has 0 unspecified atom stereocenters. The Morgan fingerprint density at radius 1 is 1.14 bits per heavy atom. The number of rotatable bonds is 3. The quantitative estimate of drug-likeness (QED) is 0.852. The molecule has 1 aromatic heterocycles. The molecule has 0 saturated heterocycles. The average molecular weight is 300 g/mol. The van der Waals surface area contributed by atoms with E-state index in [1.807, 2.05) is 30.3 Å². The zero-order valence-electron chi connectivity index (χ0n) is 12.0. The van der Waals surface area contributed by atoms with E-state index in [1.54, 1.807) is 11.3 Å². The van der Waals surface area contributed by atoms with E-state index in [0.29, 0.717) is 11.5 Å². The molecule has 21 heavy (non-hydrogen) atoms. The monoisotopic (exact) mass is 300 g/mol. The number of carbonyl (C=O) groups excluding carboxylic acids is 1. The Kier molecular flexibility index (Phi) is 4.25. The summed E-state index contributed by atoms with van der Waals surface area (Å²) in [6, 6.07) is 9.95. The van der Waals surface area contributed by atoms with Crippen molar-refractivity contribution in [2.75, 3.05) is 5.73 Å². The molecular formula is C17H20N2OS. The van der Waals surface area contributed by atoms with Crippen molar-refractivity contribution in [2.24, 2.45) is 0 Å². The number of nitrogens with two attached hydrogens (primary N) is 1. The Morgan fingerprint density at radius 2 is 1.90 bits per heavy atom. The van der Waals surface area contributed by atoms with Crippen molar-refractivity contribution in [3.63, 3.8) is 0 Å². The minimum Gasteiger partial charge on any atom is -0.390 e. The second kappa shape index (κ2) is 6.31. The summed E-state index contributed by atoms with van der Waals surface area (Å²) < 4.78 is 0. The van der Waals surface area contributed by atoms with Crippen LogP contribution in [0.1, 0.15) is 45.6 Å². The Balaban J connectivity index is 1.77. The largest absolute Gasteiger partial charge is 0.390 e. The minimum absolute atomic E-state index is 0.0317. The van der Waals surface area contributed by atoms with Crippen LogP contribution in [0.25, 0.3) is 0 Å². The third-order valence-electron chi connectivity index (χ3n) is 3.97. The standard InChI is InChI=1S/C17H20N2OS/c18-16-15(13-9-5-2-6-10-14(13)21-16)17(20)19-11-12-7-3-1-4-8-12/h1,3-4,7-8H,2,5-6,9-11,18H2,(H,19,20). The Morgan fingerprint density at radius 3 is 2.71 bits per heavy atom. The van der Waals surface area contributed by atoms with Crippen LogP contribution in [0.2, 0.25) is 0 Å². The van der Waals surface area contributed by atoms with Crippen LogP contribution in [0.3, 0.4) is 0 Å². The number of benzene rings is 1. The lowest BCUT2D eigenvalue weighted by Gasteiger charge is -2.08. The maximum absolute atomic E-state index is 12.5. The third kappa shape index (κ3) is 3.10. The predicted octanol–water partition coefficient (Wildman–Crippen LogP) is 3.53. The van der Waals surface area contributed by atoms with Crippen LogP contribution < -0.4 is 11.1 Å². The van der Waals surface area contributed by atoms with Gasteiger partial charge in [-0.05, 0) is 36.8 Å². The molecule has 3 N–H and O–H groups in total. The first-order chi connectivity index (χ1) is 10.3. The molecule has 1 amide bonds. The molecule has 3 nitrogen and oxygen atoms in total. The van der Waals surface area contributed by atoms with Crippen molar-refractivity contribution in [2.45, 2.75) is 38.6 Å². The smallest absolute Gasteiger partial charge is 0.254 e. The van der Waals surface area contributed by atoms with Crippen LogP contribution in [-0.4, -0.2) is 5.91 Å². The normalized spacial score (nSPS) is 14.3. The fourth-order valence-corrected chi connectivity index (χ4v) is 4.04. The average Bonchev–Trinajstić information content (AvgIpc) is 2.67. The summed E-state index contributed by atoms with van der Waals surface area (Å²) in [5, 5.41) is 3.67. The van der Waals surface area contributed by atoms with Gasteiger partial charge >= 0.3 is 0 Å². The molecular weight excluding hydrogens is 280 g/mol. The summed E-state index contributed by atoms with van der Waals surface area (Å²) in [6.07, 6.45) is 5.65. The molecule has 0 bridgehead atoms. The predicted molar refractivity (Wildman–Crippen MR) is 87.6 cm³/mol. The summed E-state index contributed by atoms with van der Waals surface area (Å²) in [4.78, 5) is 13.8. The van der Waals surface area contributed by atoms with E-state index < -0.39 is 0 Å². The number of hydrogen-bond acceptors (Lipinski definition) is 3.